The number of methoxy groups -OCH3 is 1. The quantitative estimate of drug-likeness (QED) is 0.657. The number of rotatable bonds is 6. The molecule has 0 aliphatic heterocycles. The average Bonchev–Trinajstić information content (AvgIpc) is 2.79. The molecular weight excluding hydrogens is 378 g/mol. The molecule has 156 valence electrons. The van der Waals surface area contributed by atoms with Crippen molar-refractivity contribution in [3.8, 4) is 5.75 Å². The van der Waals surface area contributed by atoms with E-state index in [-0.39, 0.29) is 23.3 Å². The number of ether oxygens (including phenoxy) is 1. The molecule has 1 aliphatic carbocycles. The number of para-hydroxylation sites is 1. The molecule has 0 saturated heterocycles. The number of hydrogen-bond acceptors (Lipinski definition) is 4. The van der Waals surface area contributed by atoms with Gasteiger partial charge < -0.3 is 15.0 Å². The minimum Gasteiger partial charge on any atom is -0.497 e. The molecule has 0 radical (unpaired) electrons. The number of carbonyl (C=O) groups excluding carboxylic acids is 1. The van der Waals surface area contributed by atoms with Crippen molar-refractivity contribution in [2.75, 3.05) is 13.7 Å². The van der Waals surface area contributed by atoms with Crippen LogP contribution in [-0.4, -0.2) is 29.5 Å². The van der Waals surface area contributed by atoms with Crippen LogP contribution in [0.2, 0.25) is 0 Å². The SMILES string of the molecule is COc1ccc(CCNC(=O)C2CCCCC2c2nc3ccccc3c(=O)[nH]2)cc1. The van der Waals surface area contributed by atoms with Crippen molar-refractivity contribution in [3.63, 3.8) is 0 Å². The molecule has 2 aromatic carbocycles. The predicted octanol–water partition coefficient (Wildman–Crippen LogP) is 3.56. The molecule has 3 aromatic rings. The molecule has 6 nitrogen and oxygen atoms in total. The van der Waals surface area contributed by atoms with E-state index in [1.54, 1.807) is 13.2 Å². The lowest BCUT2D eigenvalue weighted by molar-refractivity contribution is -0.126. The molecule has 6 heteroatoms. The van der Waals surface area contributed by atoms with E-state index in [1.165, 1.54) is 0 Å². The Bertz CT molecular complexity index is 1070. The van der Waals surface area contributed by atoms with E-state index < -0.39 is 0 Å². The first-order valence-corrected chi connectivity index (χ1v) is 10.6. The highest BCUT2D eigenvalue weighted by Crippen LogP contribution is 2.36. The van der Waals surface area contributed by atoms with E-state index >= 15 is 0 Å². The molecule has 1 aromatic heterocycles. The second-order valence-electron chi connectivity index (χ2n) is 7.85. The number of carbonyl (C=O) groups is 1. The van der Waals surface area contributed by atoms with Crippen LogP contribution in [0.4, 0.5) is 0 Å². The first-order chi connectivity index (χ1) is 14.7. The van der Waals surface area contributed by atoms with Gasteiger partial charge in [0.1, 0.15) is 11.6 Å². The standard InChI is InChI=1S/C24H27N3O3/c1-30-17-12-10-16(11-13-17)14-15-25-23(28)19-7-3-2-6-18(19)22-26-21-9-5-4-8-20(21)24(29)27-22/h4-5,8-13,18-19H,2-3,6-7,14-15H2,1H3,(H,25,28)(H,26,27,29). The highest BCUT2D eigenvalue weighted by atomic mass is 16.5. The second-order valence-corrected chi connectivity index (χ2v) is 7.85. The molecule has 2 N–H and O–H groups in total. The molecule has 0 spiro atoms. The minimum absolute atomic E-state index is 0.0454. The molecule has 0 bridgehead atoms. The first-order valence-electron chi connectivity index (χ1n) is 10.6. The number of hydrogen-bond donors (Lipinski definition) is 2. The van der Waals surface area contributed by atoms with Gasteiger partial charge in [0.15, 0.2) is 0 Å². The van der Waals surface area contributed by atoms with Gasteiger partial charge in [-0.2, -0.15) is 0 Å². The number of amides is 1. The monoisotopic (exact) mass is 405 g/mol. The summed E-state index contributed by atoms with van der Waals surface area (Å²) in [7, 11) is 1.65. The van der Waals surface area contributed by atoms with Gasteiger partial charge in [-0.15, -0.1) is 0 Å². The molecule has 2 unspecified atom stereocenters. The number of benzene rings is 2. The lowest BCUT2D eigenvalue weighted by atomic mass is 9.78. The van der Waals surface area contributed by atoms with Crippen LogP contribution in [0, 0.1) is 5.92 Å². The molecule has 1 fully saturated rings. The summed E-state index contributed by atoms with van der Waals surface area (Å²) in [4.78, 5) is 33.1. The molecule has 2 atom stereocenters. The molecule has 1 saturated carbocycles. The van der Waals surface area contributed by atoms with Crippen LogP contribution in [0.5, 0.6) is 5.75 Å². The highest BCUT2D eigenvalue weighted by molar-refractivity contribution is 5.80. The summed E-state index contributed by atoms with van der Waals surface area (Å²) >= 11 is 0. The number of H-pyrrole nitrogens is 1. The van der Waals surface area contributed by atoms with Crippen LogP contribution < -0.4 is 15.6 Å². The predicted molar refractivity (Wildman–Crippen MR) is 117 cm³/mol. The zero-order chi connectivity index (χ0) is 20.9. The van der Waals surface area contributed by atoms with E-state index in [9.17, 15) is 9.59 Å². The fourth-order valence-electron chi connectivity index (χ4n) is 4.31. The summed E-state index contributed by atoms with van der Waals surface area (Å²) in [5.41, 5.74) is 1.69. The number of nitrogens with one attached hydrogen (secondary N) is 2. The zero-order valence-corrected chi connectivity index (χ0v) is 17.2. The van der Waals surface area contributed by atoms with Gasteiger partial charge in [-0.1, -0.05) is 37.1 Å². The lowest BCUT2D eigenvalue weighted by Gasteiger charge is -2.30. The van der Waals surface area contributed by atoms with Crippen molar-refractivity contribution in [1.29, 1.82) is 0 Å². The molecular formula is C24H27N3O3. The maximum Gasteiger partial charge on any atom is 0.258 e. The molecule has 30 heavy (non-hydrogen) atoms. The van der Waals surface area contributed by atoms with Crippen LogP contribution in [0.25, 0.3) is 10.9 Å². The van der Waals surface area contributed by atoms with Gasteiger partial charge in [0, 0.05) is 18.4 Å². The Morgan fingerprint density at radius 3 is 2.70 bits per heavy atom. The largest absolute Gasteiger partial charge is 0.497 e. The van der Waals surface area contributed by atoms with E-state index in [1.807, 2.05) is 42.5 Å². The topological polar surface area (TPSA) is 84.1 Å². The Morgan fingerprint density at radius 2 is 1.90 bits per heavy atom. The van der Waals surface area contributed by atoms with Gasteiger partial charge in [0.2, 0.25) is 5.91 Å². The average molecular weight is 405 g/mol. The van der Waals surface area contributed by atoms with Gasteiger partial charge in [0.05, 0.1) is 18.0 Å². The third-order valence-corrected chi connectivity index (χ3v) is 5.96. The number of nitrogens with zero attached hydrogens (tertiary/aromatic N) is 1. The number of aromatic amines is 1. The van der Waals surface area contributed by atoms with Gasteiger partial charge in [-0.3, -0.25) is 9.59 Å². The molecule has 1 heterocycles. The fraction of sp³-hybridized carbons (Fsp3) is 0.375. The van der Waals surface area contributed by atoms with E-state index in [0.29, 0.717) is 23.3 Å². The maximum atomic E-state index is 13.0. The highest BCUT2D eigenvalue weighted by Gasteiger charge is 2.33. The summed E-state index contributed by atoms with van der Waals surface area (Å²) in [5, 5.41) is 3.67. The molecule has 4 rings (SSSR count). The Labute approximate surface area is 175 Å². The summed E-state index contributed by atoms with van der Waals surface area (Å²) in [6.07, 6.45) is 4.49. The van der Waals surface area contributed by atoms with Crippen LogP contribution >= 0.6 is 0 Å². The van der Waals surface area contributed by atoms with E-state index in [2.05, 4.69) is 15.3 Å². The Hall–Kier alpha value is -3.15. The lowest BCUT2D eigenvalue weighted by Crippen LogP contribution is -2.37. The summed E-state index contributed by atoms with van der Waals surface area (Å²) in [5.74, 6) is 1.28. The fourth-order valence-corrected chi connectivity index (χ4v) is 4.31. The van der Waals surface area contributed by atoms with E-state index in [4.69, 9.17) is 4.74 Å². The minimum atomic E-state index is -0.168. The molecule has 1 aliphatic rings. The van der Waals surface area contributed by atoms with Gasteiger partial charge in [0.25, 0.3) is 5.56 Å². The van der Waals surface area contributed by atoms with Crippen molar-refractivity contribution in [3.05, 3.63) is 70.3 Å². The third-order valence-electron chi connectivity index (χ3n) is 5.96. The van der Waals surface area contributed by atoms with Gasteiger partial charge in [-0.25, -0.2) is 4.98 Å². The summed E-state index contributed by atoms with van der Waals surface area (Å²) in [6.45, 7) is 0.579. The third kappa shape index (κ3) is 4.37. The first kappa shape index (κ1) is 20.1. The summed E-state index contributed by atoms with van der Waals surface area (Å²) in [6, 6.07) is 15.2. The number of fused-ring (bicyclic) bond motifs is 1. The maximum absolute atomic E-state index is 13.0. The van der Waals surface area contributed by atoms with Crippen molar-refractivity contribution in [2.24, 2.45) is 5.92 Å². The van der Waals surface area contributed by atoms with E-state index in [0.717, 1.165) is 43.4 Å². The van der Waals surface area contributed by atoms with Gasteiger partial charge >= 0.3 is 0 Å². The second kappa shape index (κ2) is 9.11. The van der Waals surface area contributed by atoms with Gasteiger partial charge in [-0.05, 0) is 49.1 Å². The zero-order valence-electron chi connectivity index (χ0n) is 17.2. The van der Waals surface area contributed by atoms with Crippen LogP contribution in [0.1, 0.15) is 43.0 Å². The van der Waals surface area contributed by atoms with Crippen molar-refractivity contribution in [1.82, 2.24) is 15.3 Å². The van der Waals surface area contributed by atoms with Crippen LogP contribution in [0.3, 0.4) is 0 Å². The Balaban J connectivity index is 1.45. The van der Waals surface area contributed by atoms with Crippen molar-refractivity contribution < 1.29 is 9.53 Å². The normalized spacial score (nSPS) is 18.8. The number of aromatic nitrogens is 2. The van der Waals surface area contributed by atoms with Crippen molar-refractivity contribution >= 4 is 16.8 Å². The Morgan fingerprint density at radius 1 is 1.13 bits per heavy atom. The van der Waals surface area contributed by atoms with Crippen LogP contribution in [0.15, 0.2) is 53.3 Å². The summed E-state index contributed by atoms with van der Waals surface area (Å²) < 4.78 is 5.18. The van der Waals surface area contributed by atoms with Crippen LogP contribution in [-0.2, 0) is 11.2 Å². The molecule has 1 amide bonds. The smallest absolute Gasteiger partial charge is 0.258 e. The Kier molecular flexibility index (Phi) is 6.12. The van der Waals surface area contributed by atoms with Crippen molar-refractivity contribution in [2.45, 2.75) is 38.0 Å².